The molecule has 1 aliphatic carbocycles. The molecule has 1 heterocycles. The van der Waals surface area contributed by atoms with Gasteiger partial charge in [-0.25, -0.2) is 4.72 Å². The van der Waals surface area contributed by atoms with Crippen LogP contribution >= 0.6 is 0 Å². The number of nitrogens with zero attached hydrogens (tertiary/aromatic N) is 1. The monoisotopic (exact) mass is 320 g/mol. The minimum absolute atomic E-state index is 0.0328. The van der Waals surface area contributed by atoms with Gasteiger partial charge in [-0.1, -0.05) is 0 Å². The Hall–Kier alpha value is -0.700. The molecule has 1 atom stereocenters. The third-order valence-electron chi connectivity index (χ3n) is 4.50. The number of ether oxygens (including phenoxy) is 1. The van der Waals surface area contributed by atoms with Crippen LogP contribution in [-0.2, 0) is 19.7 Å². The molecule has 0 bridgehead atoms. The van der Waals surface area contributed by atoms with Crippen molar-refractivity contribution in [2.75, 3.05) is 33.4 Å². The lowest BCUT2D eigenvalue weighted by molar-refractivity contribution is -0.142. The Bertz CT molecular complexity index is 475. The molecule has 0 aromatic rings. The Morgan fingerprint density at radius 2 is 2.19 bits per heavy atom. The number of methoxy groups -OCH3 is 1. The molecule has 1 saturated heterocycles. The molecule has 2 fully saturated rings. The van der Waals surface area contributed by atoms with Crippen LogP contribution in [0.5, 0.6) is 0 Å². The highest BCUT2D eigenvalue weighted by Gasteiger charge is 2.43. The van der Waals surface area contributed by atoms with E-state index < -0.39 is 22.1 Å². The van der Waals surface area contributed by atoms with Crippen molar-refractivity contribution in [2.45, 2.75) is 32.1 Å². The topological polar surface area (TPSA) is 95.9 Å². The third-order valence-corrected chi connectivity index (χ3v) is 6.02. The van der Waals surface area contributed by atoms with Gasteiger partial charge in [0.05, 0.1) is 5.92 Å². The Kier molecular flexibility index (Phi) is 5.24. The number of aliphatic carboxylic acids is 1. The number of nitrogens with one attached hydrogen (secondary N) is 1. The quantitative estimate of drug-likeness (QED) is 0.676. The predicted molar refractivity (Wildman–Crippen MR) is 77.0 cm³/mol. The average Bonchev–Trinajstić information content (AvgIpc) is 3.24. The molecule has 2 rings (SSSR count). The molecule has 0 aromatic carbocycles. The molecule has 8 heteroatoms. The molecule has 21 heavy (non-hydrogen) atoms. The summed E-state index contributed by atoms with van der Waals surface area (Å²) in [6, 6.07) is 0. The maximum atomic E-state index is 12.3. The lowest BCUT2D eigenvalue weighted by Crippen LogP contribution is -2.48. The van der Waals surface area contributed by atoms with Gasteiger partial charge in [0.1, 0.15) is 0 Å². The molecule has 0 amide bonds. The fourth-order valence-electron chi connectivity index (χ4n) is 2.71. The summed E-state index contributed by atoms with van der Waals surface area (Å²) < 4.78 is 33.6. The largest absolute Gasteiger partial charge is 0.481 e. The summed E-state index contributed by atoms with van der Waals surface area (Å²) in [4.78, 5) is 11.0. The van der Waals surface area contributed by atoms with Crippen molar-refractivity contribution in [2.24, 2.45) is 11.3 Å². The standard InChI is InChI=1S/C13H24N2O5S/c1-20-8-6-13(4-5-13)10-14-21(18,19)15-7-2-3-11(9-15)12(16)17/h11,14H,2-10H2,1H3,(H,16,17). The van der Waals surface area contributed by atoms with Crippen molar-refractivity contribution in [1.82, 2.24) is 9.03 Å². The summed E-state index contributed by atoms with van der Waals surface area (Å²) in [5.41, 5.74) is 0.0328. The molecule has 0 spiro atoms. The molecule has 2 N–H and O–H groups in total. The van der Waals surface area contributed by atoms with Crippen molar-refractivity contribution < 1.29 is 23.1 Å². The first-order chi connectivity index (χ1) is 9.88. The number of hydrogen-bond acceptors (Lipinski definition) is 4. The van der Waals surface area contributed by atoms with E-state index in [2.05, 4.69) is 4.72 Å². The Morgan fingerprint density at radius 3 is 2.76 bits per heavy atom. The van der Waals surface area contributed by atoms with E-state index in [1.54, 1.807) is 7.11 Å². The molecule has 1 saturated carbocycles. The van der Waals surface area contributed by atoms with E-state index in [0.717, 1.165) is 19.3 Å². The summed E-state index contributed by atoms with van der Waals surface area (Å²) in [6.45, 7) is 1.50. The van der Waals surface area contributed by atoms with E-state index >= 15 is 0 Å². The average molecular weight is 320 g/mol. The lowest BCUT2D eigenvalue weighted by atomic mass is 10.0. The van der Waals surface area contributed by atoms with Gasteiger partial charge in [-0.3, -0.25) is 4.79 Å². The smallest absolute Gasteiger partial charge is 0.307 e. The Labute approximate surface area is 125 Å². The van der Waals surface area contributed by atoms with Crippen molar-refractivity contribution in [3.8, 4) is 0 Å². The number of piperidine rings is 1. The number of carbonyl (C=O) groups is 1. The van der Waals surface area contributed by atoms with E-state index in [0.29, 0.717) is 32.5 Å². The minimum Gasteiger partial charge on any atom is -0.481 e. The molecule has 7 nitrogen and oxygen atoms in total. The molecule has 2 aliphatic rings. The highest BCUT2D eigenvalue weighted by Crippen LogP contribution is 2.48. The molecule has 122 valence electrons. The van der Waals surface area contributed by atoms with Crippen molar-refractivity contribution >= 4 is 16.2 Å². The van der Waals surface area contributed by atoms with Crippen LogP contribution in [0.2, 0.25) is 0 Å². The summed E-state index contributed by atoms with van der Waals surface area (Å²) in [6.07, 6.45) is 4.00. The maximum absolute atomic E-state index is 12.3. The first-order valence-corrected chi connectivity index (χ1v) is 8.79. The van der Waals surface area contributed by atoms with Crippen LogP contribution in [0.25, 0.3) is 0 Å². The van der Waals surface area contributed by atoms with Crippen molar-refractivity contribution in [1.29, 1.82) is 0 Å². The van der Waals surface area contributed by atoms with E-state index in [-0.39, 0.29) is 12.0 Å². The van der Waals surface area contributed by atoms with Gasteiger partial charge in [0, 0.05) is 33.4 Å². The van der Waals surface area contributed by atoms with Gasteiger partial charge in [0.25, 0.3) is 10.2 Å². The lowest BCUT2D eigenvalue weighted by Gasteiger charge is -2.30. The van der Waals surface area contributed by atoms with E-state index in [4.69, 9.17) is 9.84 Å². The fourth-order valence-corrected chi connectivity index (χ4v) is 4.13. The predicted octanol–water partition coefficient (Wildman–Crippen LogP) is 0.434. The number of rotatable bonds is 8. The van der Waals surface area contributed by atoms with E-state index in [9.17, 15) is 13.2 Å². The van der Waals surface area contributed by atoms with E-state index in [1.165, 1.54) is 4.31 Å². The van der Waals surface area contributed by atoms with Gasteiger partial charge >= 0.3 is 5.97 Å². The normalized spacial score (nSPS) is 25.7. The van der Waals surface area contributed by atoms with Crippen molar-refractivity contribution in [3.05, 3.63) is 0 Å². The Morgan fingerprint density at radius 1 is 1.48 bits per heavy atom. The Balaban J connectivity index is 1.88. The van der Waals surface area contributed by atoms with Crippen LogP contribution in [0, 0.1) is 11.3 Å². The number of hydrogen-bond donors (Lipinski definition) is 2. The summed E-state index contributed by atoms with van der Waals surface area (Å²) in [5.74, 6) is -1.52. The molecule has 0 aromatic heterocycles. The van der Waals surface area contributed by atoms with Gasteiger partial charge in [-0.05, 0) is 37.5 Å². The molecular formula is C13H24N2O5S. The van der Waals surface area contributed by atoms with Crippen LogP contribution in [0.15, 0.2) is 0 Å². The van der Waals surface area contributed by atoms with E-state index in [1.807, 2.05) is 0 Å². The maximum Gasteiger partial charge on any atom is 0.307 e. The summed E-state index contributed by atoms with van der Waals surface area (Å²) >= 11 is 0. The highest BCUT2D eigenvalue weighted by molar-refractivity contribution is 7.87. The van der Waals surface area contributed by atoms with Gasteiger partial charge in [0.15, 0.2) is 0 Å². The van der Waals surface area contributed by atoms with Crippen LogP contribution in [0.3, 0.4) is 0 Å². The third kappa shape index (κ3) is 4.38. The number of carboxylic acid groups (broad SMARTS) is 1. The van der Waals surface area contributed by atoms with Gasteiger partial charge in [-0.2, -0.15) is 12.7 Å². The zero-order valence-electron chi connectivity index (χ0n) is 12.4. The summed E-state index contributed by atoms with van der Waals surface area (Å²) in [5, 5.41) is 9.03. The fraction of sp³-hybridized carbons (Fsp3) is 0.923. The molecular weight excluding hydrogens is 296 g/mol. The molecule has 0 radical (unpaired) electrons. The van der Waals surface area contributed by atoms with Crippen LogP contribution in [0.4, 0.5) is 0 Å². The molecule has 1 unspecified atom stereocenters. The second-order valence-corrected chi connectivity index (χ2v) is 7.86. The van der Waals surface area contributed by atoms with Crippen LogP contribution < -0.4 is 4.72 Å². The second-order valence-electron chi connectivity index (χ2n) is 6.10. The van der Waals surface area contributed by atoms with Gasteiger partial charge in [-0.15, -0.1) is 0 Å². The van der Waals surface area contributed by atoms with Crippen molar-refractivity contribution in [3.63, 3.8) is 0 Å². The first kappa shape index (κ1) is 16.7. The molecule has 1 aliphatic heterocycles. The first-order valence-electron chi connectivity index (χ1n) is 7.35. The summed E-state index contributed by atoms with van der Waals surface area (Å²) in [7, 11) is -1.95. The highest BCUT2D eigenvalue weighted by atomic mass is 32.2. The zero-order chi connectivity index (χ0) is 15.5. The van der Waals surface area contributed by atoms with Crippen LogP contribution in [0.1, 0.15) is 32.1 Å². The minimum atomic E-state index is -3.59. The SMILES string of the molecule is COCCC1(CNS(=O)(=O)N2CCCC(C(=O)O)C2)CC1. The van der Waals surface area contributed by atoms with Crippen LogP contribution in [-0.4, -0.2) is 57.1 Å². The zero-order valence-corrected chi connectivity index (χ0v) is 13.2. The van der Waals surface area contributed by atoms with Gasteiger partial charge in [0.2, 0.25) is 0 Å². The second kappa shape index (κ2) is 6.60. The number of carboxylic acids is 1. The van der Waals surface area contributed by atoms with Gasteiger partial charge < -0.3 is 9.84 Å².